The van der Waals surface area contributed by atoms with E-state index in [9.17, 15) is 9.59 Å². The molecule has 4 rings (SSSR count). The predicted molar refractivity (Wildman–Crippen MR) is 93.8 cm³/mol. The van der Waals surface area contributed by atoms with Gasteiger partial charge in [-0.05, 0) is 38.5 Å². The number of nitrogens with zero attached hydrogens (tertiary/aromatic N) is 2. The van der Waals surface area contributed by atoms with Crippen molar-refractivity contribution in [2.45, 2.75) is 95.1 Å². The molecule has 0 spiro atoms. The van der Waals surface area contributed by atoms with Crippen LogP contribution in [0.1, 0.15) is 110 Å². The van der Waals surface area contributed by atoms with Gasteiger partial charge in [-0.2, -0.15) is 0 Å². The maximum atomic E-state index is 13.4. The number of carbonyl (C=O) groups is 2. The van der Waals surface area contributed by atoms with E-state index in [4.69, 9.17) is 4.52 Å². The standard InChI is InChI=1S/C20H28N2O3/c23-13-17-18(21-25-19(17)14-11-12-14)20(24)22(15-7-3-1-4-8-15)16-9-5-2-6-10-16/h13-16H,1-12H2. The highest BCUT2D eigenvalue weighted by Gasteiger charge is 2.38. The fraction of sp³-hybridized carbons (Fsp3) is 0.750. The molecule has 0 saturated heterocycles. The molecule has 1 amide bonds. The molecule has 0 unspecified atom stereocenters. The van der Waals surface area contributed by atoms with Crippen LogP contribution in [0.2, 0.25) is 0 Å². The third-order valence-corrected chi connectivity index (χ3v) is 6.20. The summed E-state index contributed by atoms with van der Waals surface area (Å²) in [5.41, 5.74) is 0.664. The lowest BCUT2D eigenvalue weighted by atomic mass is 9.88. The van der Waals surface area contributed by atoms with Gasteiger partial charge in [0, 0.05) is 18.0 Å². The van der Waals surface area contributed by atoms with E-state index in [0.29, 0.717) is 23.4 Å². The first kappa shape index (κ1) is 16.8. The molecule has 0 atom stereocenters. The monoisotopic (exact) mass is 344 g/mol. The smallest absolute Gasteiger partial charge is 0.277 e. The number of aldehydes is 1. The van der Waals surface area contributed by atoms with Gasteiger partial charge >= 0.3 is 0 Å². The van der Waals surface area contributed by atoms with E-state index < -0.39 is 0 Å². The van der Waals surface area contributed by atoms with E-state index >= 15 is 0 Å². The number of rotatable bonds is 5. The average molecular weight is 344 g/mol. The lowest BCUT2D eigenvalue weighted by molar-refractivity contribution is 0.0437. The molecule has 3 saturated carbocycles. The van der Waals surface area contributed by atoms with E-state index in [1.807, 2.05) is 0 Å². The van der Waals surface area contributed by atoms with Crippen LogP contribution >= 0.6 is 0 Å². The maximum absolute atomic E-state index is 13.4. The summed E-state index contributed by atoms with van der Waals surface area (Å²) in [6, 6.07) is 0.592. The topological polar surface area (TPSA) is 63.4 Å². The highest BCUT2D eigenvalue weighted by Crippen LogP contribution is 2.42. The van der Waals surface area contributed by atoms with E-state index in [1.165, 1.54) is 38.5 Å². The molecule has 0 aromatic carbocycles. The third-order valence-electron chi connectivity index (χ3n) is 6.20. The summed E-state index contributed by atoms with van der Waals surface area (Å²) in [5.74, 6) is 0.842. The van der Waals surface area contributed by atoms with E-state index in [0.717, 1.165) is 44.8 Å². The summed E-state index contributed by atoms with van der Waals surface area (Å²) < 4.78 is 5.43. The number of hydrogen-bond donors (Lipinski definition) is 0. The van der Waals surface area contributed by atoms with Crippen molar-refractivity contribution in [2.75, 3.05) is 0 Å². The number of aromatic nitrogens is 1. The molecule has 5 nitrogen and oxygen atoms in total. The zero-order valence-corrected chi connectivity index (χ0v) is 14.9. The molecular formula is C20H28N2O3. The molecule has 0 bridgehead atoms. The molecule has 0 aliphatic heterocycles. The van der Waals surface area contributed by atoms with E-state index in [1.54, 1.807) is 0 Å². The van der Waals surface area contributed by atoms with Crippen LogP contribution < -0.4 is 0 Å². The first-order valence-corrected chi connectivity index (χ1v) is 10.1. The second-order valence-corrected chi connectivity index (χ2v) is 8.00. The summed E-state index contributed by atoms with van der Waals surface area (Å²) in [6.07, 6.45) is 14.4. The Labute approximate surface area is 149 Å². The van der Waals surface area contributed by atoms with Crippen molar-refractivity contribution in [3.8, 4) is 0 Å². The Morgan fingerprint density at radius 3 is 1.96 bits per heavy atom. The highest BCUT2D eigenvalue weighted by molar-refractivity contribution is 6.00. The molecule has 1 heterocycles. The van der Waals surface area contributed by atoms with Gasteiger partial charge in [-0.15, -0.1) is 0 Å². The largest absolute Gasteiger partial charge is 0.360 e. The van der Waals surface area contributed by atoms with Gasteiger partial charge in [-0.3, -0.25) is 9.59 Å². The van der Waals surface area contributed by atoms with Crippen LogP contribution in [0.4, 0.5) is 0 Å². The summed E-state index contributed by atoms with van der Waals surface area (Å²) in [5, 5.41) is 4.06. The van der Waals surface area contributed by atoms with Crippen molar-refractivity contribution in [3.05, 3.63) is 17.0 Å². The van der Waals surface area contributed by atoms with Crippen LogP contribution in [0.15, 0.2) is 4.52 Å². The molecule has 136 valence electrons. The molecule has 5 heteroatoms. The van der Waals surface area contributed by atoms with Crippen LogP contribution in [0.25, 0.3) is 0 Å². The fourth-order valence-electron chi connectivity index (χ4n) is 4.69. The summed E-state index contributed by atoms with van der Waals surface area (Å²) >= 11 is 0. The van der Waals surface area contributed by atoms with Crippen LogP contribution in [0, 0.1) is 0 Å². The molecule has 1 aromatic rings. The lowest BCUT2D eigenvalue weighted by Crippen LogP contribution is -2.49. The Morgan fingerprint density at radius 1 is 0.920 bits per heavy atom. The van der Waals surface area contributed by atoms with Gasteiger partial charge < -0.3 is 9.42 Å². The Kier molecular flexibility index (Phi) is 4.91. The first-order chi connectivity index (χ1) is 12.3. The average Bonchev–Trinajstić information content (AvgIpc) is 3.42. The van der Waals surface area contributed by atoms with Gasteiger partial charge in [0.2, 0.25) is 0 Å². The SMILES string of the molecule is O=Cc1c(C(=O)N(C2CCCCC2)C2CCCCC2)noc1C1CC1. The molecule has 25 heavy (non-hydrogen) atoms. The van der Waals surface area contributed by atoms with Crippen molar-refractivity contribution in [2.24, 2.45) is 0 Å². The predicted octanol–water partition coefficient (Wildman–Crippen LogP) is 4.47. The van der Waals surface area contributed by atoms with Crippen molar-refractivity contribution in [3.63, 3.8) is 0 Å². The van der Waals surface area contributed by atoms with Crippen molar-refractivity contribution in [1.29, 1.82) is 0 Å². The number of carbonyl (C=O) groups excluding carboxylic acids is 2. The van der Waals surface area contributed by atoms with E-state index in [-0.39, 0.29) is 17.5 Å². The van der Waals surface area contributed by atoms with Gasteiger partial charge in [-0.25, -0.2) is 0 Å². The number of hydrogen-bond acceptors (Lipinski definition) is 4. The minimum absolute atomic E-state index is 0.0726. The van der Waals surface area contributed by atoms with Crippen molar-refractivity contribution >= 4 is 12.2 Å². The Bertz CT molecular complexity index is 605. The lowest BCUT2D eigenvalue weighted by Gasteiger charge is -2.41. The minimum atomic E-state index is -0.0726. The zero-order chi connectivity index (χ0) is 17.2. The number of amides is 1. The Morgan fingerprint density at radius 2 is 1.48 bits per heavy atom. The van der Waals surface area contributed by atoms with Gasteiger partial charge in [0.05, 0.1) is 5.56 Å². The minimum Gasteiger partial charge on any atom is -0.360 e. The van der Waals surface area contributed by atoms with Crippen molar-refractivity contribution in [1.82, 2.24) is 10.1 Å². The van der Waals surface area contributed by atoms with E-state index in [2.05, 4.69) is 10.1 Å². The van der Waals surface area contributed by atoms with Gasteiger partial charge in [0.25, 0.3) is 5.91 Å². The second kappa shape index (κ2) is 7.30. The highest BCUT2D eigenvalue weighted by atomic mass is 16.5. The summed E-state index contributed by atoms with van der Waals surface area (Å²) in [4.78, 5) is 27.2. The quantitative estimate of drug-likeness (QED) is 0.739. The fourth-order valence-corrected chi connectivity index (χ4v) is 4.69. The maximum Gasteiger partial charge on any atom is 0.277 e. The summed E-state index contributed by atoms with van der Waals surface area (Å²) in [7, 11) is 0. The van der Waals surface area contributed by atoms with Crippen LogP contribution in [0.3, 0.4) is 0 Å². The van der Waals surface area contributed by atoms with Crippen LogP contribution in [-0.4, -0.2) is 34.3 Å². The molecule has 3 aliphatic rings. The Balaban J connectivity index is 1.63. The normalized spacial score (nSPS) is 22.7. The van der Waals surface area contributed by atoms with Gasteiger partial charge in [0.15, 0.2) is 17.7 Å². The molecule has 0 N–H and O–H groups in total. The van der Waals surface area contributed by atoms with Gasteiger partial charge in [-0.1, -0.05) is 43.7 Å². The second-order valence-electron chi connectivity index (χ2n) is 8.00. The van der Waals surface area contributed by atoms with Crippen molar-refractivity contribution < 1.29 is 14.1 Å². The molecular weight excluding hydrogens is 316 g/mol. The molecule has 0 radical (unpaired) electrons. The molecule has 3 aliphatic carbocycles. The third kappa shape index (κ3) is 3.38. The van der Waals surface area contributed by atoms with Crippen LogP contribution in [-0.2, 0) is 0 Å². The van der Waals surface area contributed by atoms with Gasteiger partial charge in [0.1, 0.15) is 0 Å². The molecule has 3 fully saturated rings. The summed E-state index contributed by atoms with van der Waals surface area (Å²) in [6.45, 7) is 0. The molecule has 1 aromatic heterocycles. The zero-order valence-electron chi connectivity index (χ0n) is 14.9. The first-order valence-electron chi connectivity index (χ1n) is 10.1. The Hall–Kier alpha value is -1.65. The van der Waals surface area contributed by atoms with Crippen LogP contribution in [0.5, 0.6) is 0 Å².